The number of carbonyl (C=O) groups is 4. The molecule has 218 valence electrons. The number of hydrogen-bond donors (Lipinski definition) is 3. The molecule has 40 heavy (non-hydrogen) atoms. The number of halogens is 2. The number of amides is 3. The molecule has 12 nitrogen and oxygen atoms in total. The minimum Gasteiger partial charge on any atom is -0.457 e. The van der Waals surface area contributed by atoms with Crippen LogP contribution in [0.4, 0.5) is 10.5 Å². The maximum Gasteiger partial charge on any atom is 0.407 e. The van der Waals surface area contributed by atoms with Gasteiger partial charge < -0.3 is 34.5 Å². The Balaban J connectivity index is 2.02. The summed E-state index contributed by atoms with van der Waals surface area (Å²) in [6.45, 7) is 2.37. The van der Waals surface area contributed by atoms with E-state index in [4.69, 9.17) is 18.5 Å². The second-order valence-electron chi connectivity index (χ2n) is 8.30. The van der Waals surface area contributed by atoms with Gasteiger partial charge in [-0.1, -0.05) is 30.3 Å². The van der Waals surface area contributed by atoms with E-state index in [9.17, 15) is 23.7 Å². The van der Waals surface area contributed by atoms with Crippen molar-refractivity contribution >= 4 is 82.3 Å². The Labute approximate surface area is 259 Å². The van der Waals surface area contributed by atoms with Gasteiger partial charge >= 0.3 is 19.7 Å². The van der Waals surface area contributed by atoms with Gasteiger partial charge in [-0.3, -0.25) is 18.9 Å². The quantitative estimate of drug-likeness (QED) is 0.152. The molecule has 0 spiro atoms. The molecule has 15 heteroatoms. The van der Waals surface area contributed by atoms with Gasteiger partial charge in [0.25, 0.3) is 0 Å². The molecule has 0 saturated carbocycles. The lowest BCUT2D eigenvalue weighted by Crippen LogP contribution is -2.46. The molecule has 2 aromatic rings. The van der Waals surface area contributed by atoms with Crippen LogP contribution in [0, 0.1) is 7.14 Å². The van der Waals surface area contributed by atoms with Crippen molar-refractivity contribution in [2.24, 2.45) is 0 Å². The van der Waals surface area contributed by atoms with Crippen LogP contribution in [0.2, 0.25) is 0 Å². The Morgan fingerprint density at radius 3 is 2.25 bits per heavy atom. The van der Waals surface area contributed by atoms with Crippen molar-refractivity contribution in [2.45, 2.75) is 32.6 Å². The monoisotopic (exact) mass is 801 g/mol. The molecule has 2 unspecified atom stereocenters. The molecule has 2 aromatic carbocycles. The van der Waals surface area contributed by atoms with Gasteiger partial charge in [0.1, 0.15) is 25.3 Å². The van der Waals surface area contributed by atoms with E-state index >= 15 is 0 Å². The first kappa shape index (κ1) is 33.9. The van der Waals surface area contributed by atoms with E-state index in [1.807, 2.05) is 63.4 Å². The summed E-state index contributed by atoms with van der Waals surface area (Å²) in [5, 5.41) is 7.58. The molecule has 3 amide bonds. The summed E-state index contributed by atoms with van der Waals surface area (Å²) >= 11 is 4.07. The zero-order chi connectivity index (χ0) is 29.9. The Kier molecular flexibility index (Phi) is 13.8. The maximum atomic E-state index is 12.8. The molecule has 0 heterocycles. The summed E-state index contributed by atoms with van der Waals surface area (Å²) in [7, 11) is -1.09. The van der Waals surface area contributed by atoms with Crippen LogP contribution in [0.25, 0.3) is 0 Å². The van der Waals surface area contributed by atoms with Crippen molar-refractivity contribution in [3.63, 3.8) is 0 Å². The van der Waals surface area contributed by atoms with Gasteiger partial charge in [0, 0.05) is 33.8 Å². The predicted octanol–water partition coefficient (Wildman–Crippen LogP) is 4.36. The number of ether oxygens (including phenoxy) is 2. The van der Waals surface area contributed by atoms with Gasteiger partial charge in [0.2, 0.25) is 11.8 Å². The fourth-order valence-corrected chi connectivity index (χ4v) is 6.40. The van der Waals surface area contributed by atoms with Crippen LogP contribution in [-0.2, 0) is 44.1 Å². The first-order valence-corrected chi connectivity index (χ1v) is 15.7. The SMILES string of the molecule is COP(=O)(CC(OC(C)=O)c1cc(NC(=O)C(C)NC(=O)CNC(=O)OCc2ccccc2)c(I)cc1I)OC. The largest absolute Gasteiger partial charge is 0.457 e. The molecule has 2 rings (SSSR count). The maximum absolute atomic E-state index is 12.8. The highest BCUT2D eigenvalue weighted by atomic mass is 127. The van der Waals surface area contributed by atoms with Gasteiger partial charge in [-0.15, -0.1) is 0 Å². The lowest BCUT2D eigenvalue weighted by molar-refractivity contribution is -0.145. The van der Waals surface area contributed by atoms with E-state index in [1.54, 1.807) is 24.3 Å². The lowest BCUT2D eigenvalue weighted by atomic mass is 10.1. The third-order valence-corrected chi connectivity index (χ3v) is 9.04. The van der Waals surface area contributed by atoms with Crippen molar-refractivity contribution in [3.8, 4) is 0 Å². The average molecular weight is 801 g/mol. The molecular weight excluding hydrogens is 771 g/mol. The summed E-state index contributed by atoms with van der Waals surface area (Å²) in [5.74, 6) is -1.73. The smallest absolute Gasteiger partial charge is 0.407 e. The van der Waals surface area contributed by atoms with Crippen LogP contribution in [0.15, 0.2) is 42.5 Å². The van der Waals surface area contributed by atoms with Crippen LogP contribution >= 0.6 is 52.8 Å². The number of rotatable bonds is 13. The first-order valence-electron chi connectivity index (χ1n) is 11.8. The van der Waals surface area contributed by atoms with E-state index in [0.29, 0.717) is 18.4 Å². The average Bonchev–Trinajstić information content (AvgIpc) is 2.92. The standard InChI is InChI=1S/C25H30I2N3O9P/c1-15(29-23(32)12-28-25(34)38-13-17-8-6-5-7-9-17)24(33)30-21-10-18(19(26)11-20(21)27)22(39-16(2)31)14-40(35,36-3)37-4/h5-11,15,22H,12-14H2,1-4H3,(H,28,34)(H,29,32)(H,30,33). The fourth-order valence-electron chi connectivity index (χ4n) is 3.26. The zero-order valence-corrected chi connectivity index (χ0v) is 27.4. The van der Waals surface area contributed by atoms with Crippen molar-refractivity contribution in [3.05, 3.63) is 60.7 Å². The topological polar surface area (TPSA) is 158 Å². The highest BCUT2D eigenvalue weighted by Crippen LogP contribution is 2.50. The number of benzene rings is 2. The zero-order valence-electron chi connectivity index (χ0n) is 22.2. The number of anilines is 1. The first-order chi connectivity index (χ1) is 18.9. The minimum absolute atomic E-state index is 0.0521. The number of esters is 1. The highest BCUT2D eigenvalue weighted by molar-refractivity contribution is 14.1. The van der Waals surface area contributed by atoms with Crippen molar-refractivity contribution in [1.29, 1.82) is 0 Å². The third-order valence-electron chi connectivity index (χ3n) is 5.32. The molecule has 0 radical (unpaired) electrons. The molecule has 0 saturated heterocycles. The third kappa shape index (κ3) is 11.0. The molecular formula is C25H30I2N3O9P. The van der Waals surface area contributed by atoms with Crippen molar-refractivity contribution < 1.29 is 42.3 Å². The van der Waals surface area contributed by atoms with E-state index in [2.05, 4.69) is 16.0 Å². The van der Waals surface area contributed by atoms with Gasteiger partial charge in [0.05, 0.1) is 11.8 Å². The van der Waals surface area contributed by atoms with Gasteiger partial charge in [-0.2, -0.15) is 0 Å². The van der Waals surface area contributed by atoms with Gasteiger partial charge in [0.15, 0.2) is 0 Å². The Morgan fingerprint density at radius 1 is 1.00 bits per heavy atom. The normalized spacial score (nSPS) is 12.6. The number of carbonyl (C=O) groups excluding carboxylic acids is 4. The van der Waals surface area contributed by atoms with Crippen LogP contribution in [0.3, 0.4) is 0 Å². The molecule has 0 aliphatic carbocycles. The summed E-state index contributed by atoms with van der Waals surface area (Å²) in [6, 6.07) is 11.5. The van der Waals surface area contributed by atoms with Crippen LogP contribution in [0.5, 0.6) is 0 Å². The van der Waals surface area contributed by atoms with Gasteiger partial charge in [-0.25, -0.2) is 4.79 Å². The van der Waals surface area contributed by atoms with Crippen LogP contribution < -0.4 is 16.0 Å². The number of alkyl carbamates (subject to hydrolysis) is 1. The Bertz CT molecular complexity index is 1260. The molecule has 2 atom stereocenters. The summed E-state index contributed by atoms with van der Waals surface area (Å²) < 4.78 is 34.6. The Morgan fingerprint density at radius 2 is 1.65 bits per heavy atom. The van der Waals surface area contributed by atoms with Crippen molar-refractivity contribution in [1.82, 2.24) is 10.6 Å². The summed E-state index contributed by atoms with van der Waals surface area (Å²) in [5.41, 5.74) is 1.66. The van der Waals surface area contributed by atoms with Gasteiger partial charge in [-0.05, 0) is 69.8 Å². The minimum atomic E-state index is -3.56. The number of hydrogen-bond acceptors (Lipinski definition) is 9. The Hall–Kier alpha value is -2.27. The van der Waals surface area contributed by atoms with E-state index < -0.39 is 43.6 Å². The number of nitrogens with one attached hydrogen (secondary N) is 3. The second-order valence-corrected chi connectivity index (χ2v) is 12.9. The molecule has 3 N–H and O–H groups in total. The summed E-state index contributed by atoms with van der Waals surface area (Å²) in [4.78, 5) is 48.8. The molecule has 0 aliphatic heterocycles. The van der Waals surface area contributed by atoms with Crippen LogP contribution in [0.1, 0.15) is 31.1 Å². The van der Waals surface area contributed by atoms with E-state index in [-0.39, 0.29) is 19.3 Å². The van der Waals surface area contributed by atoms with Crippen LogP contribution in [-0.4, -0.2) is 56.8 Å². The molecule has 0 aromatic heterocycles. The fraction of sp³-hybridized carbons (Fsp3) is 0.360. The highest BCUT2D eigenvalue weighted by Gasteiger charge is 2.32. The van der Waals surface area contributed by atoms with E-state index in [1.165, 1.54) is 28.1 Å². The lowest BCUT2D eigenvalue weighted by Gasteiger charge is -2.24. The summed E-state index contributed by atoms with van der Waals surface area (Å²) in [6.07, 6.45) is -1.99. The molecule has 0 bridgehead atoms. The van der Waals surface area contributed by atoms with Crippen molar-refractivity contribution in [2.75, 3.05) is 32.2 Å². The second kappa shape index (κ2) is 16.2. The predicted molar refractivity (Wildman–Crippen MR) is 164 cm³/mol. The van der Waals surface area contributed by atoms with E-state index in [0.717, 1.165) is 5.56 Å². The molecule has 0 aliphatic rings. The molecule has 0 fully saturated rings.